The first kappa shape index (κ1) is 12.5. The number of carbonyl (C=O) groups is 1. The number of amides is 1. The van der Waals surface area contributed by atoms with Crippen molar-refractivity contribution in [3.63, 3.8) is 0 Å². The molecule has 1 fully saturated rings. The minimum Gasteiger partial charge on any atom is -0.381 e. The summed E-state index contributed by atoms with van der Waals surface area (Å²) in [6, 6.07) is 1.89. The molecular formula is C11H16N2O3S. The predicted molar refractivity (Wildman–Crippen MR) is 64.6 cm³/mol. The predicted octanol–water partition coefficient (Wildman–Crippen LogP) is 0.905. The van der Waals surface area contributed by atoms with Crippen LogP contribution in [0.25, 0.3) is 0 Å². The van der Waals surface area contributed by atoms with Crippen molar-refractivity contribution in [2.24, 2.45) is 11.8 Å². The van der Waals surface area contributed by atoms with Crippen LogP contribution in [-0.4, -0.2) is 25.7 Å². The Bertz CT molecular complexity index is 375. The van der Waals surface area contributed by atoms with Crippen LogP contribution in [0, 0.1) is 5.92 Å². The number of carbonyl (C=O) groups excluding carboxylic acids is 1. The summed E-state index contributed by atoms with van der Waals surface area (Å²) in [5.74, 6) is 5.34. The SMILES string of the molecule is NNC(=O)c1sccc1COCC1CCOC1. The maximum absolute atomic E-state index is 11.4. The molecule has 1 aromatic heterocycles. The Morgan fingerprint density at radius 3 is 3.29 bits per heavy atom. The Kier molecular flexibility index (Phi) is 4.49. The normalized spacial score (nSPS) is 19.5. The molecule has 5 nitrogen and oxygen atoms in total. The van der Waals surface area contributed by atoms with Gasteiger partial charge in [0.05, 0.1) is 24.7 Å². The van der Waals surface area contributed by atoms with Gasteiger partial charge < -0.3 is 9.47 Å². The summed E-state index contributed by atoms with van der Waals surface area (Å²) >= 11 is 1.37. The average molecular weight is 256 g/mol. The number of hydrogen-bond acceptors (Lipinski definition) is 5. The summed E-state index contributed by atoms with van der Waals surface area (Å²) in [5.41, 5.74) is 3.02. The van der Waals surface area contributed by atoms with Crippen molar-refractivity contribution in [3.05, 3.63) is 21.9 Å². The van der Waals surface area contributed by atoms with Crippen molar-refractivity contribution < 1.29 is 14.3 Å². The summed E-state index contributed by atoms with van der Waals surface area (Å²) in [6.07, 6.45) is 1.06. The molecule has 1 atom stereocenters. The van der Waals surface area contributed by atoms with Gasteiger partial charge >= 0.3 is 0 Å². The number of nitrogen functional groups attached to an aromatic ring is 1. The highest BCUT2D eigenvalue weighted by atomic mass is 32.1. The maximum atomic E-state index is 11.4. The Balaban J connectivity index is 1.82. The molecule has 1 aliphatic heterocycles. The molecule has 6 heteroatoms. The fraction of sp³-hybridized carbons (Fsp3) is 0.545. The molecule has 0 aliphatic carbocycles. The largest absolute Gasteiger partial charge is 0.381 e. The first-order chi connectivity index (χ1) is 8.31. The van der Waals surface area contributed by atoms with Crippen LogP contribution in [0.2, 0.25) is 0 Å². The quantitative estimate of drug-likeness (QED) is 0.466. The molecular weight excluding hydrogens is 240 g/mol. The second-order valence-electron chi connectivity index (χ2n) is 3.99. The lowest BCUT2D eigenvalue weighted by atomic mass is 10.1. The Labute approximate surface area is 104 Å². The fourth-order valence-electron chi connectivity index (χ4n) is 1.76. The minimum atomic E-state index is -0.261. The molecule has 1 amide bonds. The highest BCUT2D eigenvalue weighted by Gasteiger charge is 2.17. The van der Waals surface area contributed by atoms with E-state index in [0.29, 0.717) is 24.0 Å². The van der Waals surface area contributed by atoms with Crippen LogP contribution in [0.1, 0.15) is 21.7 Å². The van der Waals surface area contributed by atoms with Crippen molar-refractivity contribution in [3.8, 4) is 0 Å². The van der Waals surface area contributed by atoms with Crippen LogP contribution in [0.15, 0.2) is 11.4 Å². The van der Waals surface area contributed by atoms with Gasteiger partial charge in [-0.15, -0.1) is 11.3 Å². The molecule has 17 heavy (non-hydrogen) atoms. The molecule has 3 N–H and O–H groups in total. The third-order valence-electron chi connectivity index (χ3n) is 2.72. The van der Waals surface area contributed by atoms with E-state index < -0.39 is 0 Å². The molecule has 0 saturated carbocycles. The highest BCUT2D eigenvalue weighted by molar-refractivity contribution is 7.12. The van der Waals surface area contributed by atoms with Crippen LogP contribution in [0.5, 0.6) is 0 Å². The number of nitrogens with one attached hydrogen (secondary N) is 1. The van der Waals surface area contributed by atoms with E-state index in [-0.39, 0.29) is 5.91 Å². The van der Waals surface area contributed by atoms with Crippen LogP contribution in [-0.2, 0) is 16.1 Å². The van der Waals surface area contributed by atoms with Crippen molar-refractivity contribution >= 4 is 17.2 Å². The van der Waals surface area contributed by atoms with E-state index in [1.807, 2.05) is 11.4 Å². The smallest absolute Gasteiger partial charge is 0.275 e. The van der Waals surface area contributed by atoms with Gasteiger partial charge in [0, 0.05) is 18.1 Å². The van der Waals surface area contributed by atoms with E-state index in [1.165, 1.54) is 11.3 Å². The number of nitrogens with two attached hydrogens (primary N) is 1. The molecule has 1 unspecified atom stereocenters. The van der Waals surface area contributed by atoms with Crippen molar-refractivity contribution in [2.45, 2.75) is 13.0 Å². The fourth-order valence-corrected chi connectivity index (χ4v) is 2.58. The summed E-state index contributed by atoms with van der Waals surface area (Å²) in [5, 5.41) is 1.86. The lowest BCUT2D eigenvalue weighted by Crippen LogP contribution is -2.30. The van der Waals surface area contributed by atoms with Gasteiger partial charge in [-0.1, -0.05) is 0 Å². The molecule has 0 aromatic carbocycles. The van der Waals surface area contributed by atoms with E-state index >= 15 is 0 Å². The number of rotatable bonds is 5. The monoisotopic (exact) mass is 256 g/mol. The van der Waals surface area contributed by atoms with Crippen molar-refractivity contribution in [1.29, 1.82) is 0 Å². The van der Waals surface area contributed by atoms with Gasteiger partial charge in [-0.2, -0.15) is 0 Å². The summed E-state index contributed by atoms with van der Waals surface area (Å²) in [4.78, 5) is 12.0. The summed E-state index contributed by atoms with van der Waals surface area (Å²) in [6.45, 7) is 2.73. The van der Waals surface area contributed by atoms with Crippen LogP contribution in [0.3, 0.4) is 0 Å². The number of hydrogen-bond donors (Lipinski definition) is 2. The number of thiophene rings is 1. The molecule has 1 saturated heterocycles. The van der Waals surface area contributed by atoms with Gasteiger partial charge in [0.15, 0.2) is 0 Å². The molecule has 0 bridgehead atoms. The summed E-state index contributed by atoms with van der Waals surface area (Å²) < 4.78 is 10.9. The maximum Gasteiger partial charge on any atom is 0.275 e. The zero-order valence-electron chi connectivity index (χ0n) is 9.48. The second kappa shape index (κ2) is 6.11. The topological polar surface area (TPSA) is 73.6 Å². The minimum absolute atomic E-state index is 0.261. The third-order valence-corrected chi connectivity index (χ3v) is 3.67. The highest BCUT2D eigenvalue weighted by Crippen LogP contribution is 2.19. The standard InChI is InChI=1S/C11H16N2O3S/c12-13-11(14)10-9(2-4-17-10)7-16-6-8-1-3-15-5-8/h2,4,8H,1,3,5-7,12H2,(H,13,14). The number of ether oxygens (including phenoxy) is 2. The molecule has 94 valence electrons. The van der Waals surface area contributed by atoms with Gasteiger partial charge in [0.2, 0.25) is 0 Å². The Morgan fingerprint density at radius 2 is 2.59 bits per heavy atom. The van der Waals surface area contributed by atoms with E-state index in [2.05, 4.69) is 5.43 Å². The Hall–Kier alpha value is -0.950. The lowest BCUT2D eigenvalue weighted by Gasteiger charge is -2.08. The molecule has 2 rings (SSSR count). The summed E-state index contributed by atoms with van der Waals surface area (Å²) in [7, 11) is 0. The zero-order valence-corrected chi connectivity index (χ0v) is 10.3. The zero-order chi connectivity index (χ0) is 12.1. The average Bonchev–Trinajstić information content (AvgIpc) is 2.99. The van der Waals surface area contributed by atoms with E-state index in [0.717, 1.165) is 25.2 Å². The Morgan fingerprint density at radius 1 is 1.71 bits per heavy atom. The third kappa shape index (κ3) is 3.26. The van der Waals surface area contributed by atoms with Gasteiger partial charge in [-0.3, -0.25) is 10.2 Å². The molecule has 2 heterocycles. The first-order valence-corrected chi connectivity index (χ1v) is 6.42. The first-order valence-electron chi connectivity index (χ1n) is 5.54. The van der Waals surface area contributed by atoms with Crippen LogP contribution < -0.4 is 11.3 Å². The van der Waals surface area contributed by atoms with Crippen molar-refractivity contribution in [2.75, 3.05) is 19.8 Å². The van der Waals surface area contributed by atoms with E-state index in [9.17, 15) is 4.79 Å². The van der Waals surface area contributed by atoms with Gasteiger partial charge in [0.1, 0.15) is 0 Å². The van der Waals surface area contributed by atoms with E-state index in [4.69, 9.17) is 15.3 Å². The number of hydrazine groups is 1. The molecule has 0 radical (unpaired) electrons. The molecule has 0 spiro atoms. The second-order valence-corrected chi connectivity index (χ2v) is 4.91. The van der Waals surface area contributed by atoms with Crippen molar-refractivity contribution in [1.82, 2.24) is 5.43 Å². The lowest BCUT2D eigenvalue weighted by molar-refractivity contribution is 0.0779. The van der Waals surface area contributed by atoms with Crippen LogP contribution >= 0.6 is 11.3 Å². The van der Waals surface area contributed by atoms with Gasteiger partial charge in [0.25, 0.3) is 5.91 Å². The van der Waals surface area contributed by atoms with E-state index in [1.54, 1.807) is 0 Å². The van der Waals surface area contributed by atoms with Gasteiger partial charge in [-0.25, -0.2) is 5.84 Å². The van der Waals surface area contributed by atoms with Crippen LogP contribution in [0.4, 0.5) is 0 Å². The molecule has 1 aliphatic rings. The molecule has 1 aromatic rings. The van der Waals surface area contributed by atoms with Gasteiger partial charge in [-0.05, 0) is 17.9 Å².